The summed E-state index contributed by atoms with van der Waals surface area (Å²) < 4.78 is 56.7. The van der Waals surface area contributed by atoms with Gasteiger partial charge in [-0.25, -0.2) is 13.6 Å². The van der Waals surface area contributed by atoms with E-state index in [9.17, 15) is 22.0 Å². The monoisotopic (exact) mass is 334 g/mol. The van der Waals surface area contributed by atoms with Crippen LogP contribution in [0.4, 0.5) is 14.5 Å². The molecule has 1 aromatic rings. The number of sulfonamides is 1. The molecule has 2 N–H and O–H groups in total. The van der Waals surface area contributed by atoms with Gasteiger partial charge in [0.25, 0.3) is 0 Å². The highest BCUT2D eigenvalue weighted by Gasteiger charge is 2.44. The Bertz CT molecular complexity index is 737. The number of hydrogen-bond donors (Lipinski definition) is 1. The third kappa shape index (κ3) is 2.97. The molecule has 120 valence electrons. The highest BCUT2D eigenvalue weighted by atomic mass is 32.2. The number of amides is 1. The molecule has 1 aromatic carbocycles. The van der Waals surface area contributed by atoms with Gasteiger partial charge in [0.2, 0.25) is 15.9 Å². The minimum Gasteiger partial charge on any atom is -0.395 e. The van der Waals surface area contributed by atoms with Gasteiger partial charge in [0.1, 0.15) is 0 Å². The predicted octanol–water partition coefficient (Wildman–Crippen LogP) is 0.650. The van der Waals surface area contributed by atoms with E-state index in [1.54, 1.807) is 0 Å². The van der Waals surface area contributed by atoms with Gasteiger partial charge in [0.15, 0.2) is 11.5 Å². The first-order chi connectivity index (χ1) is 10.1. The Morgan fingerprint density at radius 2 is 2.00 bits per heavy atom. The fraction of sp³-hybridized carbons (Fsp3) is 0.417. The molecule has 0 aromatic heterocycles. The van der Waals surface area contributed by atoms with Gasteiger partial charge in [-0.15, -0.1) is 8.78 Å². The number of nitrogens with two attached hydrogens (primary N) is 1. The van der Waals surface area contributed by atoms with Gasteiger partial charge in [-0.2, -0.15) is 0 Å². The number of hydrogen-bond acceptors (Lipinski definition) is 5. The van der Waals surface area contributed by atoms with Crippen LogP contribution in [0.1, 0.15) is 6.42 Å². The van der Waals surface area contributed by atoms with Crippen molar-refractivity contribution >= 4 is 21.6 Å². The highest BCUT2D eigenvalue weighted by molar-refractivity contribution is 7.89. The van der Waals surface area contributed by atoms with E-state index in [1.165, 1.54) is 23.1 Å². The van der Waals surface area contributed by atoms with Crippen molar-refractivity contribution in [1.82, 2.24) is 0 Å². The van der Waals surface area contributed by atoms with Crippen LogP contribution in [0.3, 0.4) is 0 Å². The molecule has 1 saturated heterocycles. The fourth-order valence-electron chi connectivity index (χ4n) is 2.58. The van der Waals surface area contributed by atoms with Crippen molar-refractivity contribution in [3.63, 3.8) is 0 Å². The Morgan fingerprint density at radius 3 is 2.68 bits per heavy atom. The van der Waals surface area contributed by atoms with Crippen LogP contribution in [0.5, 0.6) is 11.5 Å². The lowest BCUT2D eigenvalue weighted by Crippen LogP contribution is -2.27. The Balaban J connectivity index is 1.80. The summed E-state index contributed by atoms with van der Waals surface area (Å²) in [5.74, 6) is -1.35. The number of carbonyl (C=O) groups is 1. The third-order valence-electron chi connectivity index (χ3n) is 3.37. The molecular weight excluding hydrogens is 322 g/mol. The summed E-state index contributed by atoms with van der Waals surface area (Å²) in [4.78, 5) is 13.3. The molecule has 1 atom stereocenters. The molecule has 0 saturated carbocycles. The quantitative estimate of drug-likeness (QED) is 0.875. The lowest BCUT2D eigenvalue weighted by Gasteiger charge is -2.16. The SMILES string of the molecule is NS(=O)(=O)CC1CC(=O)N(c2ccc3c(c2)OC(F)(F)O3)C1. The average Bonchev–Trinajstić information content (AvgIpc) is 2.84. The largest absolute Gasteiger partial charge is 0.586 e. The highest BCUT2D eigenvalue weighted by Crippen LogP contribution is 2.43. The van der Waals surface area contributed by atoms with Crippen molar-refractivity contribution < 1.29 is 31.5 Å². The first-order valence-electron chi connectivity index (χ1n) is 6.34. The molecule has 7 nitrogen and oxygen atoms in total. The van der Waals surface area contributed by atoms with Crippen molar-refractivity contribution in [1.29, 1.82) is 0 Å². The zero-order chi connectivity index (χ0) is 16.1. The van der Waals surface area contributed by atoms with Crippen molar-refractivity contribution in [2.45, 2.75) is 12.7 Å². The zero-order valence-corrected chi connectivity index (χ0v) is 12.0. The number of anilines is 1. The van der Waals surface area contributed by atoms with Crippen LogP contribution in [0.15, 0.2) is 18.2 Å². The maximum absolute atomic E-state index is 13.0. The number of primary sulfonamides is 1. The molecule has 2 heterocycles. The van der Waals surface area contributed by atoms with Crippen molar-refractivity contribution in [2.24, 2.45) is 11.1 Å². The summed E-state index contributed by atoms with van der Waals surface area (Å²) in [7, 11) is -3.68. The van der Waals surface area contributed by atoms with E-state index in [-0.39, 0.29) is 36.1 Å². The van der Waals surface area contributed by atoms with E-state index in [1.807, 2.05) is 0 Å². The van der Waals surface area contributed by atoms with Gasteiger partial charge >= 0.3 is 6.29 Å². The number of nitrogens with zero attached hydrogens (tertiary/aromatic N) is 1. The second-order valence-corrected chi connectivity index (χ2v) is 6.86. The Morgan fingerprint density at radius 1 is 1.32 bits per heavy atom. The van der Waals surface area contributed by atoms with Crippen molar-refractivity contribution in [3.8, 4) is 11.5 Å². The number of carbonyl (C=O) groups excluding carboxylic acids is 1. The van der Waals surface area contributed by atoms with E-state index in [4.69, 9.17) is 5.14 Å². The molecule has 0 bridgehead atoms. The molecule has 0 aliphatic carbocycles. The Labute approximate surface area is 124 Å². The molecular formula is C12H12F2N2O5S. The van der Waals surface area contributed by atoms with Crippen LogP contribution in [0, 0.1) is 5.92 Å². The van der Waals surface area contributed by atoms with Gasteiger partial charge in [-0.3, -0.25) is 4.79 Å². The Kier molecular flexibility index (Phi) is 3.25. The van der Waals surface area contributed by atoms with E-state index in [2.05, 4.69) is 9.47 Å². The average molecular weight is 334 g/mol. The lowest BCUT2D eigenvalue weighted by atomic mass is 10.1. The first kappa shape index (κ1) is 15.0. The minimum atomic E-state index is -3.73. The van der Waals surface area contributed by atoms with Gasteiger partial charge in [-0.1, -0.05) is 0 Å². The number of benzene rings is 1. The molecule has 2 aliphatic heterocycles. The summed E-state index contributed by atoms with van der Waals surface area (Å²) in [5, 5.41) is 4.97. The molecule has 1 amide bonds. The molecule has 10 heteroatoms. The second kappa shape index (κ2) is 4.78. The molecule has 0 radical (unpaired) electrons. The smallest absolute Gasteiger partial charge is 0.395 e. The van der Waals surface area contributed by atoms with Crippen LogP contribution in [0.2, 0.25) is 0 Å². The maximum atomic E-state index is 13.0. The molecule has 0 spiro atoms. The summed E-state index contributed by atoms with van der Waals surface area (Å²) in [6.45, 7) is 0.144. The van der Waals surface area contributed by atoms with Crippen LogP contribution in [-0.4, -0.2) is 32.9 Å². The lowest BCUT2D eigenvalue weighted by molar-refractivity contribution is -0.286. The number of rotatable bonds is 3. The summed E-state index contributed by atoms with van der Waals surface area (Å²) in [5.41, 5.74) is 0.335. The first-order valence-corrected chi connectivity index (χ1v) is 8.05. The van der Waals surface area contributed by atoms with E-state index >= 15 is 0 Å². The molecule has 1 unspecified atom stereocenters. The zero-order valence-electron chi connectivity index (χ0n) is 11.2. The maximum Gasteiger partial charge on any atom is 0.586 e. The fourth-order valence-corrected chi connectivity index (χ4v) is 3.46. The normalized spacial score (nSPS) is 23.1. The Hall–Kier alpha value is -1.94. The van der Waals surface area contributed by atoms with Gasteiger partial charge < -0.3 is 14.4 Å². The number of ether oxygens (including phenoxy) is 2. The van der Waals surface area contributed by atoms with Gasteiger partial charge in [-0.05, 0) is 12.1 Å². The van der Waals surface area contributed by atoms with E-state index in [0.717, 1.165) is 0 Å². The van der Waals surface area contributed by atoms with Gasteiger partial charge in [0, 0.05) is 30.6 Å². The topological polar surface area (TPSA) is 98.9 Å². The van der Waals surface area contributed by atoms with Crippen LogP contribution < -0.4 is 19.5 Å². The van der Waals surface area contributed by atoms with E-state index < -0.39 is 22.2 Å². The third-order valence-corrected chi connectivity index (χ3v) is 4.31. The molecule has 22 heavy (non-hydrogen) atoms. The molecule has 3 rings (SSSR count). The second-order valence-electron chi connectivity index (χ2n) is 5.20. The van der Waals surface area contributed by atoms with Crippen molar-refractivity contribution in [2.75, 3.05) is 17.2 Å². The number of halogens is 2. The van der Waals surface area contributed by atoms with Crippen LogP contribution >= 0.6 is 0 Å². The molecule has 2 aliphatic rings. The number of alkyl halides is 2. The standard InChI is InChI=1S/C12H12F2N2O5S/c13-12(14)20-9-2-1-8(4-10(9)21-12)16-5-7(3-11(16)17)6-22(15,18)19/h1-2,4,7H,3,5-6H2,(H2,15,18,19). The number of fused-ring (bicyclic) bond motifs is 1. The van der Waals surface area contributed by atoms with Crippen molar-refractivity contribution in [3.05, 3.63) is 18.2 Å². The molecule has 1 fully saturated rings. The van der Waals surface area contributed by atoms with Gasteiger partial charge in [0.05, 0.1) is 5.75 Å². The van der Waals surface area contributed by atoms with Crippen LogP contribution in [-0.2, 0) is 14.8 Å². The van der Waals surface area contributed by atoms with E-state index in [0.29, 0.717) is 5.69 Å². The minimum absolute atomic E-state index is 0.0288. The summed E-state index contributed by atoms with van der Waals surface area (Å²) >= 11 is 0. The summed E-state index contributed by atoms with van der Waals surface area (Å²) in [6.07, 6.45) is -3.70. The predicted molar refractivity (Wildman–Crippen MR) is 71.1 cm³/mol. The van der Waals surface area contributed by atoms with Crippen LogP contribution in [0.25, 0.3) is 0 Å². The summed E-state index contributed by atoms with van der Waals surface area (Å²) in [6, 6.07) is 3.96.